The lowest BCUT2D eigenvalue weighted by Gasteiger charge is -2.15. The summed E-state index contributed by atoms with van der Waals surface area (Å²) in [6.07, 6.45) is 4.18. The first kappa shape index (κ1) is 6.45. The zero-order chi connectivity index (χ0) is 7.35. The second-order valence-electron chi connectivity index (χ2n) is 4.30. The summed E-state index contributed by atoms with van der Waals surface area (Å²) in [5, 5.41) is 0. The average Bonchev–Trinajstić information content (AvgIpc) is 2.52. The first-order valence-corrected chi connectivity index (χ1v) is 4.34. The number of hydrogen-bond acceptors (Lipinski definition) is 0. The van der Waals surface area contributed by atoms with Gasteiger partial charge in [0.2, 0.25) is 0 Å². The van der Waals surface area contributed by atoms with Crippen LogP contribution in [0.1, 0.15) is 33.1 Å². The molecule has 0 bridgehead atoms. The molecule has 2 rings (SSSR count). The SMILES string of the molecule is C=C1CC[C@]2(C(C)C)C[C@@H]12. The predicted octanol–water partition coefficient (Wildman–Crippen LogP) is 3.00. The smallest absolute Gasteiger partial charge is 0.0141 e. The molecule has 0 N–H and O–H groups in total. The molecule has 0 aromatic rings. The van der Waals surface area contributed by atoms with Crippen LogP contribution in [0.4, 0.5) is 0 Å². The molecule has 0 saturated heterocycles. The van der Waals surface area contributed by atoms with E-state index in [-0.39, 0.29) is 0 Å². The van der Waals surface area contributed by atoms with Crippen LogP contribution in [-0.4, -0.2) is 0 Å². The van der Waals surface area contributed by atoms with Gasteiger partial charge in [-0.05, 0) is 36.5 Å². The fourth-order valence-corrected chi connectivity index (χ4v) is 2.64. The van der Waals surface area contributed by atoms with Gasteiger partial charge in [0.1, 0.15) is 0 Å². The van der Waals surface area contributed by atoms with Gasteiger partial charge in [0, 0.05) is 0 Å². The predicted molar refractivity (Wildman–Crippen MR) is 43.8 cm³/mol. The van der Waals surface area contributed by atoms with Crippen molar-refractivity contribution in [2.24, 2.45) is 17.3 Å². The van der Waals surface area contributed by atoms with Gasteiger partial charge in [-0.3, -0.25) is 0 Å². The Morgan fingerprint density at radius 2 is 2.30 bits per heavy atom. The summed E-state index contributed by atoms with van der Waals surface area (Å²) in [6, 6.07) is 0. The molecule has 0 heteroatoms. The maximum absolute atomic E-state index is 4.10. The van der Waals surface area contributed by atoms with E-state index < -0.39 is 0 Å². The Morgan fingerprint density at radius 3 is 2.50 bits per heavy atom. The van der Waals surface area contributed by atoms with E-state index in [9.17, 15) is 0 Å². The molecule has 0 unspecified atom stereocenters. The van der Waals surface area contributed by atoms with Gasteiger partial charge in [-0.25, -0.2) is 0 Å². The Morgan fingerprint density at radius 1 is 1.60 bits per heavy atom. The van der Waals surface area contributed by atoms with Crippen molar-refractivity contribution in [2.45, 2.75) is 33.1 Å². The molecule has 56 valence electrons. The van der Waals surface area contributed by atoms with Crippen LogP contribution in [0.15, 0.2) is 12.2 Å². The Balaban J connectivity index is 2.18. The highest BCUT2D eigenvalue weighted by atomic mass is 14.6. The van der Waals surface area contributed by atoms with Gasteiger partial charge >= 0.3 is 0 Å². The summed E-state index contributed by atoms with van der Waals surface area (Å²) >= 11 is 0. The van der Waals surface area contributed by atoms with Gasteiger partial charge in [-0.1, -0.05) is 26.0 Å². The first-order valence-electron chi connectivity index (χ1n) is 4.34. The third kappa shape index (κ3) is 0.574. The third-order valence-electron chi connectivity index (χ3n) is 3.67. The lowest BCUT2D eigenvalue weighted by Crippen LogP contribution is -2.07. The molecular formula is C10H16. The zero-order valence-corrected chi connectivity index (χ0v) is 6.98. The van der Waals surface area contributed by atoms with Gasteiger partial charge in [-0.2, -0.15) is 0 Å². The van der Waals surface area contributed by atoms with E-state index in [0.29, 0.717) is 0 Å². The van der Waals surface area contributed by atoms with Crippen molar-refractivity contribution >= 4 is 0 Å². The minimum atomic E-state index is 0.733. The molecule has 10 heavy (non-hydrogen) atoms. The van der Waals surface area contributed by atoms with Crippen molar-refractivity contribution in [3.05, 3.63) is 12.2 Å². The van der Waals surface area contributed by atoms with Gasteiger partial charge in [0.05, 0.1) is 0 Å². The first-order chi connectivity index (χ1) is 4.67. The summed E-state index contributed by atoms with van der Waals surface area (Å²) in [6.45, 7) is 8.82. The van der Waals surface area contributed by atoms with Crippen molar-refractivity contribution in [1.82, 2.24) is 0 Å². The van der Waals surface area contributed by atoms with Crippen LogP contribution in [-0.2, 0) is 0 Å². The normalized spacial score (nSPS) is 44.3. The Kier molecular flexibility index (Phi) is 1.07. The Labute approximate surface area is 63.3 Å². The molecule has 0 amide bonds. The average molecular weight is 136 g/mol. The number of hydrogen-bond donors (Lipinski definition) is 0. The Bertz CT molecular complexity index is 178. The molecule has 2 aliphatic rings. The molecule has 2 saturated carbocycles. The van der Waals surface area contributed by atoms with Crippen LogP contribution < -0.4 is 0 Å². The minimum absolute atomic E-state index is 0.733. The van der Waals surface area contributed by atoms with Crippen molar-refractivity contribution < 1.29 is 0 Å². The second kappa shape index (κ2) is 1.66. The van der Waals surface area contributed by atoms with E-state index in [1.807, 2.05) is 0 Å². The minimum Gasteiger partial charge on any atom is -0.0996 e. The van der Waals surface area contributed by atoms with E-state index in [4.69, 9.17) is 0 Å². The highest BCUT2D eigenvalue weighted by Crippen LogP contribution is 2.69. The summed E-state index contributed by atoms with van der Waals surface area (Å²) in [7, 11) is 0. The standard InChI is InChI=1S/C10H16/c1-7(2)10-5-4-8(3)9(10)6-10/h7,9H,3-6H2,1-2H3/t9-,10+/m0/s1. The van der Waals surface area contributed by atoms with Crippen LogP contribution in [0, 0.1) is 17.3 Å². The molecule has 0 radical (unpaired) electrons. The fourth-order valence-electron chi connectivity index (χ4n) is 2.64. The maximum atomic E-state index is 4.10. The van der Waals surface area contributed by atoms with Crippen molar-refractivity contribution in [2.75, 3.05) is 0 Å². The quantitative estimate of drug-likeness (QED) is 0.486. The van der Waals surface area contributed by atoms with Crippen LogP contribution in [0.5, 0.6) is 0 Å². The van der Waals surface area contributed by atoms with Crippen LogP contribution in [0.3, 0.4) is 0 Å². The van der Waals surface area contributed by atoms with E-state index in [1.165, 1.54) is 24.8 Å². The molecular weight excluding hydrogens is 120 g/mol. The highest BCUT2D eigenvalue weighted by Gasteiger charge is 2.59. The van der Waals surface area contributed by atoms with Crippen molar-refractivity contribution in [3.8, 4) is 0 Å². The largest absolute Gasteiger partial charge is 0.0996 e. The van der Waals surface area contributed by atoms with Crippen LogP contribution in [0.2, 0.25) is 0 Å². The second-order valence-corrected chi connectivity index (χ2v) is 4.30. The monoisotopic (exact) mass is 136 g/mol. The van der Waals surface area contributed by atoms with E-state index in [0.717, 1.165) is 17.3 Å². The van der Waals surface area contributed by atoms with Gasteiger partial charge < -0.3 is 0 Å². The number of allylic oxidation sites excluding steroid dienone is 1. The van der Waals surface area contributed by atoms with Gasteiger partial charge in [0.15, 0.2) is 0 Å². The van der Waals surface area contributed by atoms with E-state index >= 15 is 0 Å². The zero-order valence-electron chi connectivity index (χ0n) is 6.98. The molecule has 0 aromatic carbocycles. The topological polar surface area (TPSA) is 0 Å². The number of rotatable bonds is 1. The van der Waals surface area contributed by atoms with Gasteiger partial charge in [0.25, 0.3) is 0 Å². The van der Waals surface area contributed by atoms with E-state index in [1.54, 1.807) is 0 Å². The van der Waals surface area contributed by atoms with Crippen molar-refractivity contribution in [3.63, 3.8) is 0 Å². The third-order valence-corrected chi connectivity index (χ3v) is 3.67. The summed E-state index contributed by atoms with van der Waals surface area (Å²) in [5.74, 6) is 1.81. The van der Waals surface area contributed by atoms with Crippen molar-refractivity contribution in [1.29, 1.82) is 0 Å². The summed E-state index contributed by atoms with van der Waals surface area (Å²) in [4.78, 5) is 0. The van der Waals surface area contributed by atoms with Crippen LogP contribution in [0.25, 0.3) is 0 Å². The lowest BCUT2D eigenvalue weighted by molar-refractivity contribution is 0.344. The van der Waals surface area contributed by atoms with Crippen LogP contribution >= 0.6 is 0 Å². The summed E-state index contributed by atoms with van der Waals surface area (Å²) < 4.78 is 0. The summed E-state index contributed by atoms with van der Waals surface area (Å²) in [5.41, 5.74) is 2.27. The molecule has 0 spiro atoms. The molecule has 2 aliphatic carbocycles. The number of fused-ring (bicyclic) bond motifs is 1. The lowest BCUT2D eigenvalue weighted by atomic mass is 9.90. The molecule has 2 atom stereocenters. The maximum Gasteiger partial charge on any atom is -0.0141 e. The molecule has 0 heterocycles. The highest BCUT2D eigenvalue weighted by molar-refractivity contribution is 5.26. The molecule has 2 fully saturated rings. The Hall–Kier alpha value is -0.260. The van der Waals surface area contributed by atoms with Gasteiger partial charge in [-0.15, -0.1) is 0 Å². The molecule has 0 aliphatic heterocycles. The molecule has 0 nitrogen and oxygen atoms in total. The fraction of sp³-hybridized carbons (Fsp3) is 0.800. The van der Waals surface area contributed by atoms with E-state index in [2.05, 4.69) is 20.4 Å². The molecule has 0 aromatic heterocycles.